The van der Waals surface area contributed by atoms with Crippen LogP contribution in [0.4, 0.5) is 20.3 Å². The van der Waals surface area contributed by atoms with Crippen molar-refractivity contribution in [1.29, 1.82) is 0 Å². The molecular weight excluding hydrogens is 396 g/mol. The Balaban J connectivity index is 1.68. The standard InChI is InChI=1S/C16H17F2N5O4S/c17-15(18)11-8-27-28(25)23(11)14-7-22-3-4-26-12-5-9(20-6-13(19)24)1-2-10(12)16(22)21-14/h1-2,5,7,11,15,20H,3-4,6,8H2,(H2,19,24). The fraction of sp³-hybridized carbons (Fsp3) is 0.375. The van der Waals surface area contributed by atoms with E-state index in [-0.39, 0.29) is 19.0 Å². The lowest BCUT2D eigenvalue weighted by Crippen LogP contribution is -2.37. The number of nitrogens with zero attached hydrogens (tertiary/aromatic N) is 3. The summed E-state index contributed by atoms with van der Waals surface area (Å²) >= 11 is -2.02. The number of nitrogens with one attached hydrogen (secondary N) is 1. The molecule has 1 aromatic heterocycles. The van der Waals surface area contributed by atoms with Crippen LogP contribution in [0, 0.1) is 0 Å². The van der Waals surface area contributed by atoms with Crippen LogP contribution in [0.2, 0.25) is 0 Å². The molecule has 2 unspecified atom stereocenters. The monoisotopic (exact) mass is 413 g/mol. The summed E-state index contributed by atoms with van der Waals surface area (Å²) < 4.78 is 52.0. The summed E-state index contributed by atoms with van der Waals surface area (Å²) in [5.41, 5.74) is 6.42. The van der Waals surface area contributed by atoms with Gasteiger partial charge in [-0.2, -0.15) is 0 Å². The fourth-order valence-electron chi connectivity index (χ4n) is 3.06. The zero-order valence-electron chi connectivity index (χ0n) is 14.5. The van der Waals surface area contributed by atoms with Crippen molar-refractivity contribution in [3.8, 4) is 17.1 Å². The molecule has 150 valence electrons. The van der Waals surface area contributed by atoms with Gasteiger partial charge in [0.1, 0.15) is 24.2 Å². The van der Waals surface area contributed by atoms with Crippen LogP contribution in [-0.4, -0.2) is 51.9 Å². The number of amides is 1. The summed E-state index contributed by atoms with van der Waals surface area (Å²) in [7, 11) is 0. The predicted octanol–water partition coefficient (Wildman–Crippen LogP) is 0.889. The van der Waals surface area contributed by atoms with Crippen LogP contribution < -0.4 is 20.1 Å². The van der Waals surface area contributed by atoms with Gasteiger partial charge in [-0.05, 0) is 12.1 Å². The lowest BCUT2D eigenvalue weighted by Gasteiger charge is -2.18. The smallest absolute Gasteiger partial charge is 0.266 e. The molecule has 0 bridgehead atoms. The Labute approximate surface area is 161 Å². The number of benzene rings is 1. The zero-order valence-corrected chi connectivity index (χ0v) is 15.3. The maximum absolute atomic E-state index is 13.3. The maximum atomic E-state index is 13.3. The first-order valence-corrected chi connectivity index (χ1v) is 9.46. The molecule has 2 aromatic rings. The van der Waals surface area contributed by atoms with Crippen molar-refractivity contribution in [1.82, 2.24) is 9.55 Å². The van der Waals surface area contributed by atoms with Crippen LogP contribution in [-0.2, 0) is 26.8 Å². The summed E-state index contributed by atoms with van der Waals surface area (Å²) in [6.45, 7) is 0.406. The molecular formula is C16H17F2N5O4S. The van der Waals surface area contributed by atoms with E-state index in [4.69, 9.17) is 14.7 Å². The van der Waals surface area contributed by atoms with Gasteiger partial charge in [-0.15, -0.1) is 0 Å². The third-order valence-corrected chi connectivity index (χ3v) is 5.48. The van der Waals surface area contributed by atoms with Crippen molar-refractivity contribution in [2.45, 2.75) is 19.0 Å². The number of rotatable bonds is 5. The van der Waals surface area contributed by atoms with Crippen LogP contribution in [0.1, 0.15) is 0 Å². The van der Waals surface area contributed by atoms with Gasteiger partial charge in [0.05, 0.1) is 25.3 Å². The summed E-state index contributed by atoms with van der Waals surface area (Å²) in [5, 5.41) is 2.88. The van der Waals surface area contributed by atoms with E-state index < -0.39 is 29.6 Å². The molecule has 2 aliphatic heterocycles. The number of fused-ring (bicyclic) bond motifs is 3. The van der Waals surface area contributed by atoms with Crippen molar-refractivity contribution < 1.29 is 26.7 Å². The van der Waals surface area contributed by atoms with E-state index in [0.29, 0.717) is 36.0 Å². The molecule has 1 saturated heterocycles. The second-order valence-electron chi connectivity index (χ2n) is 6.22. The normalized spacial score (nSPS) is 21.0. The van der Waals surface area contributed by atoms with E-state index >= 15 is 0 Å². The number of halogens is 2. The number of hydrogen-bond donors (Lipinski definition) is 2. The Morgan fingerprint density at radius 2 is 2.29 bits per heavy atom. The largest absolute Gasteiger partial charge is 0.491 e. The Bertz CT molecular complexity index is 938. The van der Waals surface area contributed by atoms with Gasteiger partial charge in [-0.25, -0.2) is 22.3 Å². The second kappa shape index (κ2) is 7.36. The van der Waals surface area contributed by atoms with E-state index in [2.05, 4.69) is 10.3 Å². The lowest BCUT2D eigenvalue weighted by atomic mass is 10.1. The Morgan fingerprint density at radius 3 is 3.04 bits per heavy atom. The van der Waals surface area contributed by atoms with E-state index in [9.17, 15) is 17.8 Å². The van der Waals surface area contributed by atoms with Crippen molar-refractivity contribution >= 4 is 28.7 Å². The van der Waals surface area contributed by atoms with Crippen LogP contribution in [0.5, 0.6) is 5.75 Å². The number of carbonyl (C=O) groups is 1. The number of ether oxygens (including phenoxy) is 1. The number of anilines is 2. The molecule has 2 atom stereocenters. The summed E-state index contributed by atoms with van der Waals surface area (Å²) in [4.78, 5) is 15.4. The minimum absolute atomic E-state index is 0.0205. The SMILES string of the molecule is NC(=O)CNc1ccc2c(c1)OCCn1cc(N3C(C(F)F)COS3=O)nc1-2. The van der Waals surface area contributed by atoms with Gasteiger partial charge in [0.25, 0.3) is 17.7 Å². The van der Waals surface area contributed by atoms with Gasteiger partial charge in [-0.1, -0.05) is 0 Å². The molecule has 0 aliphatic carbocycles. The van der Waals surface area contributed by atoms with Crippen molar-refractivity contribution in [2.24, 2.45) is 5.73 Å². The highest BCUT2D eigenvalue weighted by Crippen LogP contribution is 2.37. The number of primary amides is 1. The van der Waals surface area contributed by atoms with E-state index in [1.165, 1.54) is 0 Å². The van der Waals surface area contributed by atoms with Gasteiger partial charge >= 0.3 is 0 Å². The quantitative estimate of drug-likeness (QED) is 0.753. The Hall–Kier alpha value is -2.73. The molecule has 28 heavy (non-hydrogen) atoms. The Kier molecular flexibility index (Phi) is 4.89. The third kappa shape index (κ3) is 3.40. The molecule has 1 fully saturated rings. The molecule has 0 saturated carbocycles. The zero-order chi connectivity index (χ0) is 19.8. The van der Waals surface area contributed by atoms with Gasteiger partial charge in [0.15, 0.2) is 5.82 Å². The van der Waals surface area contributed by atoms with Gasteiger partial charge in [0, 0.05) is 18.0 Å². The molecule has 4 rings (SSSR count). The highest BCUT2D eigenvalue weighted by atomic mass is 32.2. The molecule has 9 nitrogen and oxygen atoms in total. The first kappa shape index (κ1) is 18.6. The number of imidazole rings is 1. The van der Waals surface area contributed by atoms with Crippen LogP contribution >= 0.6 is 0 Å². The number of carbonyl (C=O) groups excluding carboxylic acids is 1. The summed E-state index contributed by atoms with van der Waals surface area (Å²) in [5.74, 6) is 0.681. The molecule has 12 heteroatoms. The number of nitrogens with two attached hydrogens (primary N) is 1. The van der Waals surface area contributed by atoms with E-state index in [1.807, 2.05) is 0 Å². The van der Waals surface area contributed by atoms with Crippen LogP contribution in [0.15, 0.2) is 24.4 Å². The first-order valence-electron chi connectivity index (χ1n) is 8.43. The topological polar surface area (TPSA) is 112 Å². The van der Waals surface area contributed by atoms with Crippen molar-refractivity contribution in [2.75, 3.05) is 29.4 Å². The average molecular weight is 413 g/mol. The lowest BCUT2D eigenvalue weighted by molar-refractivity contribution is -0.116. The van der Waals surface area contributed by atoms with Crippen LogP contribution in [0.3, 0.4) is 0 Å². The maximum Gasteiger partial charge on any atom is 0.266 e. The number of alkyl halides is 2. The first-order chi connectivity index (χ1) is 13.4. The highest BCUT2D eigenvalue weighted by molar-refractivity contribution is 7.82. The second-order valence-corrected chi connectivity index (χ2v) is 7.29. The minimum atomic E-state index is -2.72. The molecule has 3 heterocycles. The molecule has 1 aromatic carbocycles. The highest BCUT2D eigenvalue weighted by Gasteiger charge is 2.41. The molecule has 0 spiro atoms. The third-order valence-electron chi connectivity index (χ3n) is 4.36. The number of hydrogen-bond acceptors (Lipinski definition) is 6. The summed E-state index contributed by atoms with van der Waals surface area (Å²) in [6.07, 6.45) is -1.16. The van der Waals surface area contributed by atoms with E-state index in [1.54, 1.807) is 29.0 Å². The van der Waals surface area contributed by atoms with Gasteiger partial charge in [0.2, 0.25) is 5.91 Å². The van der Waals surface area contributed by atoms with E-state index in [0.717, 1.165) is 4.31 Å². The molecule has 2 aliphatic rings. The molecule has 0 radical (unpaired) electrons. The minimum Gasteiger partial charge on any atom is -0.491 e. The fourth-order valence-corrected chi connectivity index (χ4v) is 4.04. The molecule has 1 amide bonds. The average Bonchev–Trinajstić information content (AvgIpc) is 3.19. The van der Waals surface area contributed by atoms with Crippen LogP contribution in [0.25, 0.3) is 11.4 Å². The Morgan fingerprint density at radius 1 is 1.46 bits per heavy atom. The molecule has 3 N–H and O–H groups in total. The number of aromatic nitrogens is 2. The summed E-state index contributed by atoms with van der Waals surface area (Å²) in [6, 6.07) is 3.86. The predicted molar refractivity (Wildman–Crippen MR) is 97.2 cm³/mol. The van der Waals surface area contributed by atoms with Gasteiger partial charge < -0.3 is 20.4 Å². The van der Waals surface area contributed by atoms with Crippen molar-refractivity contribution in [3.05, 3.63) is 24.4 Å². The van der Waals surface area contributed by atoms with Gasteiger partial charge in [-0.3, -0.25) is 8.98 Å². The van der Waals surface area contributed by atoms with Crippen molar-refractivity contribution in [3.63, 3.8) is 0 Å².